The fourth-order valence-corrected chi connectivity index (χ4v) is 13.3. The average molecular weight is 1220 g/mol. The normalized spacial score (nSPS) is 13.4. The number of aliphatic hydroxyl groups is 1. The Morgan fingerprint density at radius 2 is 0.576 bits per heavy atom. The van der Waals surface area contributed by atoms with Gasteiger partial charge >= 0.3 is 0 Å². The molecule has 0 bridgehead atoms. The fraction of sp³-hybridized carbons (Fsp3) is 0.987. The summed E-state index contributed by atoms with van der Waals surface area (Å²) in [4.78, 5) is 25.7. The topological polar surface area (TPSA) is 108 Å². The summed E-state index contributed by atoms with van der Waals surface area (Å²) >= 11 is 0. The lowest BCUT2D eigenvalue weighted by Crippen LogP contribution is -2.46. The van der Waals surface area contributed by atoms with Crippen LogP contribution in [-0.4, -0.2) is 68.5 Å². The van der Waals surface area contributed by atoms with Crippen LogP contribution in [-0.2, 0) is 18.4 Å². The lowest BCUT2D eigenvalue weighted by Gasteiger charge is -2.30. The van der Waals surface area contributed by atoms with Crippen molar-refractivity contribution < 1.29 is 32.9 Å². The van der Waals surface area contributed by atoms with Gasteiger partial charge in [0.25, 0.3) is 7.82 Å². The molecule has 0 radical (unpaired) electrons. The minimum atomic E-state index is -4.58. The first-order valence-electron chi connectivity index (χ1n) is 38.9. The summed E-state index contributed by atoms with van der Waals surface area (Å²) in [6.45, 7) is 4.81. The van der Waals surface area contributed by atoms with Crippen molar-refractivity contribution in [3.63, 3.8) is 0 Å². The second-order valence-electron chi connectivity index (χ2n) is 28.4. The zero-order chi connectivity index (χ0) is 61.9. The number of carbonyl (C=O) groups excluding carboxylic acids is 1. The van der Waals surface area contributed by atoms with Gasteiger partial charge in [0.05, 0.1) is 39.9 Å². The van der Waals surface area contributed by atoms with E-state index in [2.05, 4.69) is 19.2 Å². The molecule has 1 amide bonds. The molecule has 2 N–H and O–H groups in total. The summed E-state index contributed by atoms with van der Waals surface area (Å²) in [7, 11) is 1.33. The van der Waals surface area contributed by atoms with Crippen LogP contribution in [0.15, 0.2) is 0 Å². The average Bonchev–Trinajstić information content (AvgIpc) is 3.49. The number of hydrogen-bond acceptors (Lipinski definition) is 6. The maximum Gasteiger partial charge on any atom is 0.268 e. The Balaban J connectivity index is 3.91. The Bertz CT molecular complexity index is 1350. The number of likely N-dealkylation sites (N-methyl/N-ethyl adjacent to an activating group) is 1. The Labute approximate surface area is 533 Å². The molecule has 0 aliphatic heterocycles. The van der Waals surface area contributed by atoms with Crippen molar-refractivity contribution in [1.29, 1.82) is 0 Å². The quantitative estimate of drug-likeness (QED) is 0.0357. The van der Waals surface area contributed by atoms with Crippen molar-refractivity contribution in [1.82, 2.24) is 5.32 Å². The van der Waals surface area contributed by atoms with E-state index in [1.807, 2.05) is 21.1 Å². The Hall–Kier alpha value is -0.500. The number of quaternary nitrogens is 1. The Kier molecular flexibility index (Phi) is 67.5. The van der Waals surface area contributed by atoms with Gasteiger partial charge in [0.2, 0.25) is 5.91 Å². The van der Waals surface area contributed by atoms with Gasteiger partial charge in [-0.1, -0.05) is 412 Å². The first-order chi connectivity index (χ1) is 41.5. The molecule has 0 spiro atoms. The highest BCUT2D eigenvalue weighted by molar-refractivity contribution is 7.45. The van der Waals surface area contributed by atoms with E-state index in [1.165, 1.54) is 366 Å². The number of nitrogens with one attached hydrogen (secondary N) is 1. The van der Waals surface area contributed by atoms with Crippen molar-refractivity contribution in [2.75, 3.05) is 40.9 Å². The van der Waals surface area contributed by atoms with Crippen LogP contribution in [0.2, 0.25) is 0 Å². The molecule has 85 heavy (non-hydrogen) atoms. The van der Waals surface area contributed by atoms with E-state index in [0.717, 1.165) is 38.5 Å². The monoisotopic (exact) mass is 1220 g/mol. The van der Waals surface area contributed by atoms with Gasteiger partial charge < -0.3 is 28.8 Å². The second-order valence-corrected chi connectivity index (χ2v) is 29.8. The Morgan fingerprint density at radius 1 is 0.365 bits per heavy atom. The van der Waals surface area contributed by atoms with Gasteiger partial charge in [0, 0.05) is 6.42 Å². The number of unbranched alkanes of at least 4 members (excludes halogenated alkanes) is 61. The highest BCUT2D eigenvalue weighted by atomic mass is 31.2. The SMILES string of the molecule is CCCCCCCCCCCCCCCCCCCCCCCCCCCCCCCCCCCC(=O)NC(COP(=O)([O-])OCC[N+](C)(C)C)C(O)CCCCCCCCCCCCCCCCCCCCCCCCCCCCCCCC. The molecule has 0 aromatic rings. The van der Waals surface area contributed by atoms with E-state index in [9.17, 15) is 19.4 Å². The molecule has 0 fully saturated rings. The molecule has 510 valence electrons. The van der Waals surface area contributed by atoms with E-state index in [-0.39, 0.29) is 19.1 Å². The van der Waals surface area contributed by atoms with Gasteiger partial charge in [0.15, 0.2) is 0 Å². The third-order valence-electron chi connectivity index (χ3n) is 18.6. The predicted molar refractivity (Wildman–Crippen MR) is 372 cm³/mol. The number of hydrogen-bond donors (Lipinski definition) is 2. The molecule has 3 unspecified atom stereocenters. The number of carbonyl (C=O) groups is 1. The first-order valence-corrected chi connectivity index (χ1v) is 40.3. The predicted octanol–water partition coefficient (Wildman–Crippen LogP) is 24.4. The summed E-state index contributed by atoms with van der Waals surface area (Å²) in [6.07, 6.45) is 86.5. The summed E-state index contributed by atoms with van der Waals surface area (Å²) < 4.78 is 23.6. The van der Waals surface area contributed by atoms with Gasteiger partial charge in [-0.05, 0) is 12.8 Å². The van der Waals surface area contributed by atoms with Crippen LogP contribution in [0.25, 0.3) is 0 Å². The number of rotatable bonds is 74. The Morgan fingerprint density at radius 3 is 0.800 bits per heavy atom. The summed E-state index contributed by atoms with van der Waals surface area (Å²) in [6, 6.07) is -0.798. The molecule has 9 heteroatoms. The van der Waals surface area contributed by atoms with E-state index in [4.69, 9.17) is 9.05 Å². The fourth-order valence-electron chi connectivity index (χ4n) is 12.6. The van der Waals surface area contributed by atoms with Gasteiger partial charge in [-0.25, -0.2) is 0 Å². The van der Waals surface area contributed by atoms with Gasteiger partial charge in [-0.2, -0.15) is 0 Å². The van der Waals surface area contributed by atoms with Gasteiger partial charge in [-0.15, -0.1) is 0 Å². The molecule has 0 aliphatic carbocycles. The van der Waals surface area contributed by atoms with Crippen LogP contribution in [0, 0.1) is 0 Å². The molecule has 0 heterocycles. The largest absolute Gasteiger partial charge is 0.756 e. The van der Waals surface area contributed by atoms with E-state index >= 15 is 0 Å². The highest BCUT2D eigenvalue weighted by Gasteiger charge is 2.24. The maximum absolute atomic E-state index is 13.1. The van der Waals surface area contributed by atoms with E-state index < -0.39 is 20.0 Å². The molecule has 0 saturated heterocycles. The molecule has 8 nitrogen and oxygen atoms in total. The number of amides is 1. The van der Waals surface area contributed by atoms with Crippen LogP contribution in [0.1, 0.15) is 431 Å². The number of aliphatic hydroxyl groups excluding tert-OH is 1. The van der Waals surface area contributed by atoms with Crippen LogP contribution < -0.4 is 10.2 Å². The van der Waals surface area contributed by atoms with Crippen molar-refractivity contribution >= 4 is 13.7 Å². The molecule has 0 aliphatic rings. The highest BCUT2D eigenvalue weighted by Crippen LogP contribution is 2.38. The van der Waals surface area contributed by atoms with Crippen LogP contribution >= 0.6 is 7.82 Å². The van der Waals surface area contributed by atoms with Crippen molar-refractivity contribution in [2.24, 2.45) is 0 Å². The van der Waals surface area contributed by atoms with Crippen molar-refractivity contribution in [3.8, 4) is 0 Å². The third-order valence-corrected chi connectivity index (χ3v) is 19.6. The molecule has 0 rings (SSSR count). The second kappa shape index (κ2) is 67.9. The smallest absolute Gasteiger partial charge is 0.268 e. The standard InChI is InChI=1S/C76H155N2O6P/c1-6-8-10-12-14-16-18-20-22-24-26-28-30-32-34-36-38-39-40-42-44-46-48-50-52-54-56-58-60-62-64-66-68-70-76(80)77-74(73-84-85(81,82)83-72-71-78(3,4)5)75(79)69-67-65-63-61-59-57-55-53-51-49-47-45-43-41-37-35-33-31-29-27-25-23-21-19-17-15-13-11-9-7-2/h74-75,79H,6-73H2,1-5H3,(H-,77,80,81,82). The van der Waals surface area contributed by atoms with Crippen LogP contribution in [0.5, 0.6) is 0 Å². The van der Waals surface area contributed by atoms with Crippen LogP contribution in [0.4, 0.5) is 0 Å². The summed E-state index contributed by atoms with van der Waals surface area (Å²) in [5, 5.41) is 14.1. The first kappa shape index (κ1) is 84.5. The number of phosphoric ester groups is 1. The molecular formula is C76H155N2O6P. The lowest BCUT2D eigenvalue weighted by atomic mass is 10.0. The zero-order valence-corrected chi connectivity index (χ0v) is 59.5. The molecule has 3 atom stereocenters. The maximum atomic E-state index is 13.1. The van der Waals surface area contributed by atoms with Gasteiger partial charge in [0.1, 0.15) is 13.2 Å². The van der Waals surface area contributed by atoms with Crippen molar-refractivity contribution in [2.45, 2.75) is 443 Å². The lowest BCUT2D eigenvalue weighted by molar-refractivity contribution is -0.870. The number of nitrogens with zero attached hydrogens (tertiary/aromatic N) is 1. The van der Waals surface area contributed by atoms with E-state index in [1.54, 1.807) is 0 Å². The van der Waals surface area contributed by atoms with Gasteiger partial charge in [-0.3, -0.25) is 9.36 Å². The molecule has 0 aromatic carbocycles. The summed E-state index contributed by atoms with van der Waals surface area (Å²) in [5.74, 6) is -0.152. The van der Waals surface area contributed by atoms with E-state index in [0.29, 0.717) is 23.9 Å². The number of phosphoric acid groups is 1. The molecular weight excluding hydrogens is 1070 g/mol. The zero-order valence-electron chi connectivity index (χ0n) is 58.6. The minimum Gasteiger partial charge on any atom is -0.756 e. The third kappa shape index (κ3) is 70.8. The molecule has 0 aromatic heterocycles. The van der Waals surface area contributed by atoms with Crippen LogP contribution in [0.3, 0.4) is 0 Å². The van der Waals surface area contributed by atoms with Crippen molar-refractivity contribution in [3.05, 3.63) is 0 Å². The minimum absolute atomic E-state index is 0.0171. The molecule has 0 saturated carbocycles. The summed E-state index contributed by atoms with van der Waals surface area (Å²) in [5.41, 5.74) is 0.